The number of thiophene rings is 2. The number of carbonyl (C=O) groups is 1. The monoisotopic (exact) mass is 448 g/mol. The van der Waals surface area contributed by atoms with Crippen molar-refractivity contribution in [1.29, 1.82) is 0 Å². The lowest BCUT2D eigenvalue weighted by atomic mass is 10.4. The second kappa shape index (κ2) is 8.97. The van der Waals surface area contributed by atoms with E-state index in [4.69, 9.17) is 24.4 Å². The third-order valence-corrected chi connectivity index (χ3v) is 7.16. The SMILES string of the molecule is CN(NC(=O)CS(=O)(=O)NN(C)C(=S)c1cccs1)C(=S)c1cccs1. The van der Waals surface area contributed by atoms with Crippen LogP contribution < -0.4 is 10.3 Å². The minimum absolute atomic E-state index is 0.319. The summed E-state index contributed by atoms with van der Waals surface area (Å²) in [5.74, 6) is -1.48. The van der Waals surface area contributed by atoms with Gasteiger partial charge in [0.2, 0.25) is 10.0 Å². The van der Waals surface area contributed by atoms with Gasteiger partial charge >= 0.3 is 0 Å². The third kappa shape index (κ3) is 5.79. The van der Waals surface area contributed by atoms with Crippen LogP contribution in [0.25, 0.3) is 0 Å². The zero-order valence-corrected chi connectivity index (χ0v) is 17.9. The molecule has 0 saturated carbocycles. The smallest absolute Gasteiger partial charge is 0.255 e. The van der Waals surface area contributed by atoms with Crippen molar-refractivity contribution >= 4 is 73.0 Å². The number of nitrogens with one attached hydrogen (secondary N) is 2. The molecule has 2 rings (SSSR count). The first-order valence-electron chi connectivity index (χ1n) is 7.12. The summed E-state index contributed by atoms with van der Waals surface area (Å²) in [5, 5.41) is 6.21. The van der Waals surface area contributed by atoms with E-state index >= 15 is 0 Å². The first kappa shape index (κ1) is 20.9. The van der Waals surface area contributed by atoms with Crippen molar-refractivity contribution in [1.82, 2.24) is 20.3 Å². The maximum absolute atomic E-state index is 12.2. The van der Waals surface area contributed by atoms with Gasteiger partial charge in [-0.25, -0.2) is 8.42 Å². The molecule has 0 radical (unpaired) electrons. The predicted molar refractivity (Wildman–Crippen MR) is 113 cm³/mol. The Morgan fingerprint density at radius 2 is 1.54 bits per heavy atom. The van der Waals surface area contributed by atoms with Gasteiger partial charge < -0.3 is 0 Å². The average molecular weight is 449 g/mol. The molecule has 0 atom stereocenters. The number of hydrogen-bond donors (Lipinski definition) is 2. The van der Waals surface area contributed by atoms with Gasteiger partial charge in [0.05, 0.1) is 9.75 Å². The number of thiocarbonyl (C=S) groups is 2. The van der Waals surface area contributed by atoms with Gasteiger partial charge in [0.1, 0.15) is 15.7 Å². The zero-order chi connectivity index (χ0) is 19.3. The molecule has 0 spiro atoms. The molecule has 0 unspecified atom stereocenters. The van der Waals surface area contributed by atoms with Crippen molar-refractivity contribution in [2.75, 3.05) is 19.8 Å². The maximum Gasteiger partial charge on any atom is 0.255 e. The normalized spacial score (nSPS) is 11.0. The van der Waals surface area contributed by atoms with Crippen LogP contribution in [0, 0.1) is 0 Å². The van der Waals surface area contributed by atoms with E-state index in [1.807, 2.05) is 29.0 Å². The van der Waals surface area contributed by atoms with Crippen LogP contribution in [0.4, 0.5) is 0 Å². The standard InChI is InChI=1S/C14H16N4O3S5/c1-17(13(22)10-5-3-7-24-10)15-12(19)9-26(20,21)16-18(2)14(23)11-6-4-8-25-11/h3-8,16H,9H2,1-2H3,(H,15,19). The molecule has 2 aromatic heterocycles. The topological polar surface area (TPSA) is 81.8 Å². The molecule has 0 aliphatic heterocycles. The minimum atomic E-state index is -3.93. The fraction of sp³-hybridized carbons (Fsp3) is 0.214. The lowest BCUT2D eigenvalue weighted by molar-refractivity contribution is -0.121. The van der Waals surface area contributed by atoms with Gasteiger partial charge in [-0.1, -0.05) is 36.6 Å². The third-order valence-electron chi connectivity index (χ3n) is 2.96. The first-order valence-corrected chi connectivity index (χ1v) is 11.3. The Morgan fingerprint density at radius 1 is 1.04 bits per heavy atom. The summed E-state index contributed by atoms with van der Waals surface area (Å²) in [6.45, 7) is 0. The van der Waals surface area contributed by atoms with E-state index in [1.54, 1.807) is 13.1 Å². The molecule has 26 heavy (non-hydrogen) atoms. The number of carbonyl (C=O) groups excluding carboxylic acids is 1. The van der Waals surface area contributed by atoms with Gasteiger partial charge in [-0.2, -0.15) is 0 Å². The van der Waals surface area contributed by atoms with Crippen molar-refractivity contribution in [3.8, 4) is 0 Å². The van der Waals surface area contributed by atoms with Crippen LogP contribution in [0.2, 0.25) is 0 Å². The fourth-order valence-electron chi connectivity index (χ4n) is 1.86. The van der Waals surface area contributed by atoms with Crippen LogP contribution >= 0.6 is 47.1 Å². The number of hydrazine groups is 2. The van der Waals surface area contributed by atoms with Crippen molar-refractivity contribution in [2.45, 2.75) is 0 Å². The molecule has 7 nitrogen and oxygen atoms in total. The van der Waals surface area contributed by atoms with Crippen molar-refractivity contribution in [3.05, 3.63) is 44.8 Å². The molecule has 2 N–H and O–H groups in total. The molecule has 2 aromatic rings. The van der Waals surface area contributed by atoms with Crippen molar-refractivity contribution < 1.29 is 13.2 Å². The molecule has 0 fully saturated rings. The van der Waals surface area contributed by atoms with E-state index in [0.29, 0.717) is 9.98 Å². The summed E-state index contributed by atoms with van der Waals surface area (Å²) < 4.78 is 24.4. The van der Waals surface area contributed by atoms with Gasteiger partial charge in [-0.3, -0.25) is 20.2 Å². The number of nitrogens with zero attached hydrogens (tertiary/aromatic N) is 2. The lowest BCUT2D eigenvalue weighted by Crippen LogP contribution is -2.49. The summed E-state index contributed by atoms with van der Waals surface area (Å²) in [6, 6.07) is 7.25. The fourth-order valence-corrected chi connectivity index (χ4v) is 4.81. The van der Waals surface area contributed by atoms with Gasteiger partial charge in [0.15, 0.2) is 0 Å². The summed E-state index contributed by atoms with van der Waals surface area (Å²) >= 11 is 13.3. The Hall–Kier alpha value is -1.44. The molecule has 0 saturated heterocycles. The molecule has 0 aromatic carbocycles. The first-order chi connectivity index (χ1) is 12.2. The highest BCUT2D eigenvalue weighted by atomic mass is 32.2. The molecule has 12 heteroatoms. The Labute approximate surface area is 170 Å². The predicted octanol–water partition coefficient (Wildman–Crippen LogP) is 1.59. The molecule has 0 aliphatic carbocycles. The Morgan fingerprint density at radius 3 is 2.00 bits per heavy atom. The summed E-state index contributed by atoms with van der Waals surface area (Å²) in [6.07, 6.45) is 0. The van der Waals surface area contributed by atoms with Crippen LogP contribution in [-0.4, -0.2) is 54.2 Å². The largest absolute Gasteiger partial charge is 0.287 e. The highest BCUT2D eigenvalue weighted by molar-refractivity contribution is 7.90. The molecular weight excluding hydrogens is 433 g/mol. The maximum atomic E-state index is 12.2. The number of sulfonamides is 1. The van der Waals surface area contributed by atoms with E-state index in [9.17, 15) is 13.2 Å². The molecule has 1 amide bonds. The van der Waals surface area contributed by atoms with Crippen LogP contribution in [0.3, 0.4) is 0 Å². The second-order valence-electron chi connectivity index (χ2n) is 5.07. The van der Waals surface area contributed by atoms with Crippen LogP contribution in [0.1, 0.15) is 9.75 Å². The Bertz CT molecular complexity index is 878. The van der Waals surface area contributed by atoms with Gasteiger partial charge in [-0.05, 0) is 22.9 Å². The van der Waals surface area contributed by atoms with E-state index in [1.165, 1.54) is 39.7 Å². The van der Waals surface area contributed by atoms with E-state index < -0.39 is 21.7 Å². The van der Waals surface area contributed by atoms with E-state index in [0.717, 1.165) is 9.75 Å². The van der Waals surface area contributed by atoms with Crippen molar-refractivity contribution in [3.63, 3.8) is 0 Å². The highest BCUT2D eigenvalue weighted by Gasteiger charge is 2.22. The van der Waals surface area contributed by atoms with E-state index in [2.05, 4.69) is 10.3 Å². The van der Waals surface area contributed by atoms with Gasteiger partial charge in [-0.15, -0.1) is 27.5 Å². The highest BCUT2D eigenvalue weighted by Crippen LogP contribution is 2.12. The zero-order valence-electron chi connectivity index (χ0n) is 13.8. The molecular formula is C14H16N4O3S5. The quantitative estimate of drug-likeness (QED) is 0.513. The van der Waals surface area contributed by atoms with E-state index in [-0.39, 0.29) is 0 Å². The second-order valence-corrected chi connectivity index (χ2v) is 9.44. The minimum Gasteiger partial charge on any atom is -0.287 e. The van der Waals surface area contributed by atoms with Gasteiger partial charge in [0.25, 0.3) is 5.91 Å². The summed E-state index contributed by atoms with van der Waals surface area (Å²) in [4.78, 5) is 16.6. The Kier molecular flexibility index (Phi) is 7.20. The number of hydrogen-bond acceptors (Lipinski definition) is 7. The van der Waals surface area contributed by atoms with Crippen LogP contribution in [0.5, 0.6) is 0 Å². The lowest BCUT2D eigenvalue weighted by Gasteiger charge is -2.22. The van der Waals surface area contributed by atoms with Crippen LogP contribution in [0.15, 0.2) is 35.0 Å². The van der Waals surface area contributed by atoms with Gasteiger partial charge in [0, 0.05) is 14.1 Å². The number of rotatable bonds is 6. The van der Waals surface area contributed by atoms with Crippen molar-refractivity contribution in [2.24, 2.45) is 0 Å². The summed E-state index contributed by atoms with van der Waals surface area (Å²) in [5.41, 5.74) is 2.45. The molecule has 2 heterocycles. The molecule has 0 bridgehead atoms. The Balaban J connectivity index is 1.90. The van der Waals surface area contributed by atoms with Crippen LogP contribution in [-0.2, 0) is 14.8 Å². The molecule has 0 aliphatic rings. The average Bonchev–Trinajstić information content (AvgIpc) is 3.25. The summed E-state index contributed by atoms with van der Waals surface area (Å²) in [7, 11) is -0.892. The number of amides is 1. The molecule has 140 valence electrons.